The van der Waals surface area contributed by atoms with Gasteiger partial charge in [-0.15, -0.1) is 0 Å². The lowest BCUT2D eigenvalue weighted by molar-refractivity contribution is -0.836. The van der Waals surface area contributed by atoms with E-state index in [1.807, 2.05) is 0 Å². The molecule has 0 aromatic rings. The largest absolute Gasteiger partial charge is 1.00 e. The molecule has 6 heteroatoms. The molecule has 24 heavy (non-hydrogen) atoms. The molecule has 2 N–H and O–H groups in total. The predicted molar refractivity (Wildman–Crippen MR) is 103 cm³/mol. The molecule has 0 saturated heterocycles. The van der Waals surface area contributed by atoms with Gasteiger partial charge >= 0.3 is 0 Å². The minimum absolute atomic E-state index is 0. The number of carbonyl (C=O) groups is 1. The SMILES string of the molecule is CCCCCCCCCCCC(=O)Br.C[NH+](C)C.C[NH+](C)C.[Cl-].[Cl-]. The molecule has 0 spiro atoms. The summed E-state index contributed by atoms with van der Waals surface area (Å²) >= 11 is 2.95. The standard InChI is InChI=1S/C12H23BrO.2C3H9N.2ClH/c1-2-3-4-5-6-7-8-9-10-11-12(13)14;2*1-4(2)3;;/h2-11H2,1H3;2*1-3H3;2*1H. The predicted octanol–water partition coefficient (Wildman–Crippen LogP) is -3.64. The molecule has 0 aromatic carbocycles. The fraction of sp³-hybridized carbons (Fsp3) is 0.944. The summed E-state index contributed by atoms with van der Waals surface area (Å²) in [5.41, 5.74) is 0. The third-order valence-corrected chi connectivity index (χ3v) is 2.87. The van der Waals surface area contributed by atoms with Crippen LogP contribution in [0.1, 0.15) is 71.1 Å². The van der Waals surface area contributed by atoms with Crippen LogP contribution >= 0.6 is 15.9 Å². The molecule has 0 aliphatic carbocycles. The zero-order chi connectivity index (χ0) is 17.8. The smallest absolute Gasteiger partial charge is 0.197 e. The highest BCUT2D eigenvalue weighted by molar-refractivity contribution is 9.18. The van der Waals surface area contributed by atoms with Crippen molar-refractivity contribution >= 4 is 20.6 Å². The lowest BCUT2D eigenvalue weighted by Gasteiger charge is -2.00. The van der Waals surface area contributed by atoms with Crippen molar-refractivity contribution in [2.75, 3.05) is 42.3 Å². The fourth-order valence-corrected chi connectivity index (χ4v) is 1.86. The summed E-state index contributed by atoms with van der Waals surface area (Å²) in [5, 5.41) is 0. The van der Waals surface area contributed by atoms with E-state index in [0.29, 0.717) is 6.42 Å². The van der Waals surface area contributed by atoms with E-state index in [2.05, 4.69) is 65.1 Å². The minimum Gasteiger partial charge on any atom is -1.00 e. The molecule has 0 radical (unpaired) electrons. The quantitative estimate of drug-likeness (QED) is 0.259. The summed E-state index contributed by atoms with van der Waals surface area (Å²) in [5.74, 6) is 0. The molecule has 0 bridgehead atoms. The third-order valence-electron chi connectivity index (χ3n) is 2.48. The molecule has 0 aromatic heterocycles. The van der Waals surface area contributed by atoms with E-state index in [1.54, 1.807) is 0 Å². The van der Waals surface area contributed by atoms with Gasteiger partial charge in [0.2, 0.25) is 0 Å². The van der Waals surface area contributed by atoms with Crippen LogP contribution in [0, 0.1) is 0 Å². The van der Waals surface area contributed by atoms with Gasteiger partial charge in [0.05, 0.1) is 42.3 Å². The molecule has 0 fully saturated rings. The number of quaternary nitrogens is 2. The first-order chi connectivity index (χ1) is 10.2. The molecule has 0 saturated carbocycles. The maximum atomic E-state index is 10.6. The Morgan fingerprint density at radius 1 is 0.667 bits per heavy atom. The van der Waals surface area contributed by atoms with Crippen molar-refractivity contribution in [3.63, 3.8) is 0 Å². The summed E-state index contributed by atoms with van der Waals surface area (Å²) < 4.78 is 0.153. The summed E-state index contributed by atoms with van der Waals surface area (Å²) in [6, 6.07) is 0. The first kappa shape index (κ1) is 35.7. The second kappa shape index (κ2) is 31.4. The lowest BCUT2D eigenvalue weighted by Crippen LogP contribution is -3.02. The maximum absolute atomic E-state index is 10.6. The van der Waals surface area contributed by atoms with Crippen molar-refractivity contribution in [1.29, 1.82) is 0 Å². The first-order valence-corrected chi connectivity index (χ1v) is 9.75. The Balaban J connectivity index is -0.000000101. The van der Waals surface area contributed by atoms with Gasteiger partial charge in [-0.1, -0.05) is 58.3 Å². The number of nitrogens with one attached hydrogen (secondary N) is 2. The summed E-state index contributed by atoms with van der Waals surface area (Å²) in [4.78, 5) is 13.4. The van der Waals surface area contributed by atoms with Crippen LogP contribution in [-0.4, -0.2) is 47.0 Å². The molecule has 0 heterocycles. The second-order valence-corrected chi connectivity index (χ2v) is 7.82. The van der Waals surface area contributed by atoms with E-state index in [0.717, 1.165) is 6.42 Å². The monoisotopic (exact) mass is 452 g/mol. The van der Waals surface area contributed by atoms with Crippen molar-refractivity contribution in [1.82, 2.24) is 0 Å². The molecule has 3 nitrogen and oxygen atoms in total. The van der Waals surface area contributed by atoms with Crippen molar-refractivity contribution in [3.8, 4) is 0 Å². The summed E-state index contributed by atoms with van der Waals surface area (Å²) in [6.45, 7) is 2.25. The van der Waals surface area contributed by atoms with E-state index in [1.165, 1.54) is 61.2 Å². The normalized spacial score (nSPS) is 9.08. The summed E-state index contributed by atoms with van der Waals surface area (Å²) in [6.07, 6.45) is 12.5. The van der Waals surface area contributed by atoms with Gasteiger partial charge in [-0.25, -0.2) is 0 Å². The average Bonchev–Trinajstić information content (AvgIpc) is 2.35. The zero-order valence-corrected chi connectivity index (χ0v) is 20.2. The Morgan fingerprint density at radius 2 is 0.917 bits per heavy atom. The van der Waals surface area contributed by atoms with Crippen LogP contribution in [0.5, 0.6) is 0 Å². The fourth-order valence-electron chi connectivity index (χ4n) is 1.57. The minimum atomic E-state index is 0. The molecule has 0 amide bonds. The Kier molecular flexibility index (Phi) is 46.8. The highest BCUT2D eigenvalue weighted by atomic mass is 79.9. The van der Waals surface area contributed by atoms with Crippen LogP contribution in [0.25, 0.3) is 0 Å². The van der Waals surface area contributed by atoms with Crippen molar-refractivity contribution < 1.29 is 39.4 Å². The first-order valence-electron chi connectivity index (χ1n) is 8.95. The van der Waals surface area contributed by atoms with Gasteiger partial charge in [-0.2, -0.15) is 0 Å². The molecule has 0 rings (SSSR count). The van der Waals surface area contributed by atoms with E-state index in [-0.39, 0.29) is 29.5 Å². The Bertz CT molecular complexity index is 208. The number of carbonyl (C=O) groups excluding carboxylic acids is 1. The molecule has 0 atom stereocenters. The molecule has 0 aliphatic rings. The number of rotatable bonds is 10. The molecule has 0 unspecified atom stereocenters. The molecule has 152 valence electrons. The van der Waals surface area contributed by atoms with E-state index in [9.17, 15) is 4.79 Å². The maximum Gasteiger partial charge on any atom is 0.197 e. The molecular formula is C18H43BrCl2N2O. The third kappa shape index (κ3) is 78.2. The van der Waals surface area contributed by atoms with Gasteiger partial charge < -0.3 is 34.6 Å². The highest BCUT2D eigenvalue weighted by Gasteiger charge is 1.95. The van der Waals surface area contributed by atoms with Gasteiger partial charge in [0.15, 0.2) is 4.69 Å². The Labute approximate surface area is 173 Å². The van der Waals surface area contributed by atoms with Crippen molar-refractivity contribution in [2.45, 2.75) is 71.1 Å². The Hall–Kier alpha value is 0.650. The van der Waals surface area contributed by atoms with Gasteiger partial charge in [-0.05, 0) is 22.4 Å². The van der Waals surface area contributed by atoms with Crippen LogP contribution in [0.4, 0.5) is 0 Å². The molecular weight excluding hydrogens is 411 g/mol. The van der Waals surface area contributed by atoms with Crippen LogP contribution < -0.4 is 34.6 Å². The zero-order valence-electron chi connectivity index (χ0n) is 17.1. The number of hydrogen-bond donors (Lipinski definition) is 2. The lowest BCUT2D eigenvalue weighted by atomic mass is 10.1. The second-order valence-electron chi connectivity index (χ2n) is 6.93. The molecule has 0 aliphatic heterocycles. The highest BCUT2D eigenvalue weighted by Crippen LogP contribution is 2.11. The Morgan fingerprint density at radius 3 is 1.17 bits per heavy atom. The number of halogens is 3. The van der Waals surface area contributed by atoms with E-state index < -0.39 is 0 Å². The van der Waals surface area contributed by atoms with Crippen LogP contribution in [0.2, 0.25) is 0 Å². The van der Waals surface area contributed by atoms with E-state index >= 15 is 0 Å². The van der Waals surface area contributed by atoms with Gasteiger partial charge in [0.25, 0.3) is 0 Å². The van der Waals surface area contributed by atoms with Crippen LogP contribution in [0.15, 0.2) is 0 Å². The van der Waals surface area contributed by atoms with Gasteiger partial charge in [-0.3, -0.25) is 4.79 Å². The van der Waals surface area contributed by atoms with Gasteiger partial charge in [0, 0.05) is 6.42 Å². The van der Waals surface area contributed by atoms with Crippen LogP contribution in [-0.2, 0) is 4.79 Å². The number of unbranched alkanes of at least 4 members (excludes halogenated alkanes) is 8. The van der Waals surface area contributed by atoms with Crippen LogP contribution in [0.3, 0.4) is 0 Å². The summed E-state index contributed by atoms with van der Waals surface area (Å²) in [7, 11) is 12.5. The number of hydrogen-bond acceptors (Lipinski definition) is 1. The topological polar surface area (TPSA) is 26.0 Å². The van der Waals surface area contributed by atoms with Crippen molar-refractivity contribution in [3.05, 3.63) is 0 Å². The van der Waals surface area contributed by atoms with Gasteiger partial charge in [0.1, 0.15) is 0 Å². The van der Waals surface area contributed by atoms with Crippen molar-refractivity contribution in [2.24, 2.45) is 0 Å². The van der Waals surface area contributed by atoms with E-state index in [4.69, 9.17) is 0 Å². The average molecular weight is 454 g/mol.